The second-order valence-corrected chi connectivity index (χ2v) is 13.6. The lowest BCUT2D eigenvalue weighted by Crippen LogP contribution is -2.47. The van der Waals surface area contributed by atoms with Gasteiger partial charge in [-0.1, -0.05) is 0 Å². The zero-order valence-electron chi connectivity index (χ0n) is 25.8. The Bertz CT molecular complexity index is 1800. The van der Waals surface area contributed by atoms with Gasteiger partial charge in [0.25, 0.3) is 11.1 Å². The van der Waals surface area contributed by atoms with E-state index in [9.17, 15) is 50.3 Å². The number of ether oxygens (including phenoxy) is 1. The summed E-state index contributed by atoms with van der Waals surface area (Å²) in [5.74, 6) is -3.18. The maximum atomic E-state index is 13.4. The number of alkyl halides is 6. The maximum Gasteiger partial charge on any atom is 0.416 e. The number of nitrogens with zero attached hydrogens (tertiary/aromatic N) is 1. The van der Waals surface area contributed by atoms with Crippen molar-refractivity contribution in [2.24, 2.45) is 5.73 Å². The van der Waals surface area contributed by atoms with Gasteiger partial charge in [-0.05, 0) is 110 Å². The number of halogens is 6. The second kappa shape index (κ2) is 14.1. The molecule has 4 rings (SSSR count). The van der Waals surface area contributed by atoms with Crippen molar-refractivity contribution in [3.63, 3.8) is 0 Å². The summed E-state index contributed by atoms with van der Waals surface area (Å²) in [5.41, 5.74) is 1.54. The molecule has 1 aliphatic rings. The van der Waals surface area contributed by atoms with Gasteiger partial charge in [0, 0.05) is 17.0 Å². The van der Waals surface area contributed by atoms with Crippen molar-refractivity contribution >= 4 is 63.8 Å². The van der Waals surface area contributed by atoms with Gasteiger partial charge >= 0.3 is 18.3 Å². The summed E-state index contributed by atoms with van der Waals surface area (Å²) in [6.07, 6.45) is -9.58. The Morgan fingerprint density at radius 1 is 0.918 bits per heavy atom. The molecule has 0 aliphatic carbocycles. The Kier molecular flexibility index (Phi) is 10.7. The van der Waals surface area contributed by atoms with E-state index in [0.717, 1.165) is 11.3 Å². The number of thioether (sulfide) groups is 1. The van der Waals surface area contributed by atoms with E-state index in [0.29, 0.717) is 28.8 Å². The molecular weight excluding hydrogens is 700 g/mol. The number of carbonyl (C=O) groups is 5. The molecular formula is C32H27F6N3O6S2. The number of thiophene rings is 1. The third-order valence-corrected chi connectivity index (χ3v) is 8.47. The predicted molar refractivity (Wildman–Crippen MR) is 170 cm³/mol. The molecule has 17 heteroatoms. The van der Waals surface area contributed by atoms with E-state index in [1.165, 1.54) is 41.8 Å². The molecule has 1 atom stereocenters. The Morgan fingerprint density at radius 3 is 2.04 bits per heavy atom. The summed E-state index contributed by atoms with van der Waals surface area (Å²) in [6, 6.07) is 6.49. The average Bonchev–Trinajstić information content (AvgIpc) is 3.55. The highest BCUT2D eigenvalue weighted by atomic mass is 32.2. The molecule has 3 aromatic rings. The van der Waals surface area contributed by atoms with E-state index in [-0.39, 0.29) is 51.1 Å². The molecule has 49 heavy (non-hydrogen) atoms. The molecule has 1 aromatic heterocycles. The van der Waals surface area contributed by atoms with Crippen molar-refractivity contribution < 1.29 is 55.1 Å². The van der Waals surface area contributed by atoms with Crippen LogP contribution in [0.15, 0.2) is 58.8 Å². The monoisotopic (exact) mass is 727 g/mol. The van der Waals surface area contributed by atoms with Crippen LogP contribution in [-0.2, 0) is 31.5 Å². The highest BCUT2D eigenvalue weighted by Crippen LogP contribution is 2.41. The number of anilines is 1. The van der Waals surface area contributed by atoms with E-state index in [2.05, 4.69) is 5.32 Å². The van der Waals surface area contributed by atoms with E-state index < -0.39 is 64.1 Å². The molecule has 0 bridgehead atoms. The van der Waals surface area contributed by atoms with Crippen LogP contribution in [0.25, 0.3) is 17.2 Å². The SMILES string of the molecule is CC(C)(C)OC(=O)c1ccc(NC(=O)[C@H](CCC(N)=O)N2C(=O)SC(=Cc3cc(-c4cc(C(F)(F)F)cc(C(F)(F)F)c4)cs3)C2=O)cc1. The number of imide groups is 1. The van der Waals surface area contributed by atoms with Crippen molar-refractivity contribution in [3.8, 4) is 11.1 Å². The molecule has 0 unspecified atom stereocenters. The molecule has 1 saturated heterocycles. The number of rotatable bonds is 9. The minimum atomic E-state index is -5.05. The van der Waals surface area contributed by atoms with Gasteiger partial charge in [-0.3, -0.25) is 24.1 Å². The minimum Gasteiger partial charge on any atom is -0.456 e. The minimum absolute atomic E-state index is 0.00322. The fraction of sp³-hybridized carbons (Fsp3) is 0.281. The quantitative estimate of drug-likeness (QED) is 0.131. The summed E-state index contributed by atoms with van der Waals surface area (Å²) in [4.78, 5) is 64.3. The Hall–Kier alpha value is -4.64. The molecule has 4 amide bonds. The average molecular weight is 728 g/mol. The maximum absolute atomic E-state index is 13.4. The Morgan fingerprint density at radius 2 is 1.51 bits per heavy atom. The third-order valence-electron chi connectivity index (χ3n) is 6.70. The Labute approximate surface area is 283 Å². The van der Waals surface area contributed by atoms with Gasteiger partial charge < -0.3 is 15.8 Å². The van der Waals surface area contributed by atoms with Gasteiger partial charge in [0.15, 0.2) is 0 Å². The third kappa shape index (κ3) is 9.50. The van der Waals surface area contributed by atoms with Gasteiger partial charge in [-0.15, -0.1) is 11.3 Å². The van der Waals surface area contributed by atoms with Crippen molar-refractivity contribution in [2.45, 2.75) is 57.6 Å². The number of carbonyl (C=O) groups excluding carboxylic acids is 5. The highest BCUT2D eigenvalue weighted by Gasteiger charge is 2.43. The first kappa shape index (κ1) is 37.2. The highest BCUT2D eigenvalue weighted by molar-refractivity contribution is 8.18. The molecule has 2 heterocycles. The van der Waals surface area contributed by atoms with E-state index >= 15 is 0 Å². The molecule has 0 spiro atoms. The summed E-state index contributed by atoms with van der Waals surface area (Å²) in [6.45, 7) is 5.08. The standard InChI is InChI=1S/C32H27F6N3O6S2/c1-30(2,3)47-28(45)16-4-6-21(7-5-16)40-26(43)23(8-9-25(39)42)41-27(44)24(49-29(41)46)14-22-12-18(15-48-22)17-10-19(31(33,34)35)13-20(11-17)32(36,37)38/h4-7,10-15,23H,8-9H2,1-3H3,(H2,39,42)(H,40,43)/t23-/m0/s1. The first-order chi connectivity index (χ1) is 22.6. The Balaban J connectivity index is 1.57. The zero-order valence-corrected chi connectivity index (χ0v) is 27.5. The van der Waals surface area contributed by atoms with Crippen LogP contribution in [-0.4, -0.2) is 45.5 Å². The summed E-state index contributed by atoms with van der Waals surface area (Å²) in [7, 11) is 0. The van der Waals surface area contributed by atoms with Crippen LogP contribution in [0.4, 0.5) is 36.8 Å². The molecule has 260 valence electrons. The molecule has 2 aromatic carbocycles. The van der Waals surface area contributed by atoms with Gasteiger partial charge in [0.1, 0.15) is 11.6 Å². The van der Waals surface area contributed by atoms with Crippen molar-refractivity contribution in [1.29, 1.82) is 0 Å². The number of nitrogens with two attached hydrogens (primary N) is 1. The normalized spacial score (nSPS) is 15.4. The molecule has 9 nitrogen and oxygen atoms in total. The number of amides is 4. The summed E-state index contributed by atoms with van der Waals surface area (Å²) in [5, 5.41) is 2.96. The lowest BCUT2D eigenvalue weighted by Gasteiger charge is -2.24. The van der Waals surface area contributed by atoms with Crippen LogP contribution in [0.5, 0.6) is 0 Å². The fourth-order valence-corrected chi connectivity index (χ4v) is 6.28. The molecule has 0 radical (unpaired) electrons. The van der Waals surface area contributed by atoms with Gasteiger partial charge in [0.2, 0.25) is 11.8 Å². The molecule has 3 N–H and O–H groups in total. The van der Waals surface area contributed by atoms with Crippen molar-refractivity contribution in [2.75, 3.05) is 5.32 Å². The summed E-state index contributed by atoms with van der Waals surface area (Å²) >= 11 is 1.34. The first-order valence-electron chi connectivity index (χ1n) is 14.2. The van der Waals surface area contributed by atoms with Crippen LogP contribution >= 0.6 is 23.1 Å². The predicted octanol–water partition coefficient (Wildman–Crippen LogP) is 7.72. The van der Waals surface area contributed by atoms with E-state index in [1.54, 1.807) is 20.8 Å². The number of nitrogens with one attached hydrogen (secondary N) is 1. The number of benzene rings is 2. The van der Waals surface area contributed by atoms with Crippen molar-refractivity contribution in [3.05, 3.63) is 80.4 Å². The van der Waals surface area contributed by atoms with Crippen LogP contribution in [0, 0.1) is 0 Å². The first-order valence-corrected chi connectivity index (χ1v) is 15.9. The molecule has 1 fully saturated rings. The number of primary amides is 1. The number of hydrogen-bond acceptors (Lipinski definition) is 8. The van der Waals surface area contributed by atoms with E-state index in [4.69, 9.17) is 10.5 Å². The lowest BCUT2D eigenvalue weighted by molar-refractivity contribution is -0.143. The van der Waals surface area contributed by atoms with Crippen LogP contribution in [0.3, 0.4) is 0 Å². The van der Waals surface area contributed by atoms with Gasteiger partial charge in [-0.2, -0.15) is 26.3 Å². The topological polar surface area (TPSA) is 136 Å². The zero-order chi connectivity index (χ0) is 36.5. The molecule has 1 aliphatic heterocycles. The number of hydrogen-bond donors (Lipinski definition) is 2. The smallest absolute Gasteiger partial charge is 0.416 e. The van der Waals surface area contributed by atoms with Crippen LogP contribution in [0.2, 0.25) is 0 Å². The van der Waals surface area contributed by atoms with Gasteiger partial charge in [-0.25, -0.2) is 4.79 Å². The van der Waals surface area contributed by atoms with Crippen LogP contribution in [0.1, 0.15) is 60.0 Å². The van der Waals surface area contributed by atoms with Gasteiger partial charge in [0.05, 0.1) is 21.6 Å². The van der Waals surface area contributed by atoms with Crippen molar-refractivity contribution in [1.82, 2.24) is 4.90 Å². The van der Waals surface area contributed by atoms with Crippen LogP contribution < -0.4 is 11.1 Å². The molecule has 0 saturated carbocycles. The number of esters is 1. The lowest BCUT2D eigenvalue weighted by atomic mass is 10.0. The van der Waals surface area contributed by atoms with E-state index in [1.807, 2.05) is 0 Å². The summed E-state index contributed by atoms with van der Waals surface area (Å²) < 4.78 is 85.5. The second-order valence-electron chi connectivity index (χ2n) is 11.7. The fourth-order valence-electron chi connectivity index (χ4n) is 4.49. The largest absolute Gasteiger partial charge is 0.456 e.